The van der Waals surface area contributed by atoms with Crippen molar-refractivity contribution in [1.29, 1.82) is 0 Å². The van der Waals surface area contributed by atoms with Crippen LogP contribution in [0.3, 0.4) is 0 Å². The van der Waals surface area contributed by atoms with Crippen molar-refractivity contribution in [2.24, 2.45) is 0 Å². The summed E-state index contributed by atoms with van der Waals surface area (Å²) in [4.78, 5) is 12.7. The Bertz CT molecular complexity index is 1020. The fraction of sp³-hybridized carbons (Fsp3) is 0.211. The van der Waals surface area contributed by atoms with E-state index in [1.54, 1.807) is 30.3 Å². The first-order valence-corrected chi connectivity index (χ1v) is 8.57. The van der Waals surface area contributed by atoms with E-state index in [-0.39, 0.29) is 24.4 Å². The molecule has 0 radical (unpaired) electrons. The summed E-state index contributed by atoms with van der Waals surface area (Å²) in [5.74, 6) is -0.589. The Kier molecular flexibility index (Phi) is 5.43. The third kappa shape index (κ3) is 4.45. The lowest BCUT2D eigenvalue weighted by molar-refractivity contribution is -0.141. The first-order chi connectivity index (χ1) is 12.8. The maximum atomic E-state index is 11.4. The first-order valence-electron chi connectivity index (χ1n) is 8.19. The van der Waals surface area contributed by atoms with Crippen molar-refractivity contribution in [3.63, 3.8) is 0 Å². The Morgan fingerprint density at radius 2 is 2.00 bits per heavy atom. The van der Waals surface area contributed by atoms with E-state index < -0.39 is 12.1 Å². The number of phenolic OH excluding ortho intramolecular Hbond substituents is 1. The molecule has 27 heavy (non-hydrogen) atoms. The second-order valence-electron chi connectivity index (χ2n) is 6.18. The lowest BCUT2D eigenvalue weighted by atomic mass is 10.1. The minimum Gasteiger partial charge on any atom is -0.506 e. The summed E-state index contributed by atoms with van der Waals surface area (Å²) in [7, 11) is 0. The lowest BCUT2D eigenvalue weighted by Crippen LogP contribution is -2.21. The van der Waals surface area contributed by atoms with Gasteiger partial charge in [0.2, 0.25) is 0 Å². The minimum atomic E-state index is -0.897. The highest BCUT2D eigenvalue weighted by molar-refractivity contribution is 6.31. The summed E-state index contributed by atoms with van der Waals surface area (Å²) in [5, 5.41) is 29.5. The fourth-order valence-corrected chi connectivity index (χ4v) is 2.65. The van der Waals surface area contributed by atoms with Gasteiger partial charge in [-0.15, -0.1) is 15.0 Å². The summed E-state index contributed by atoms with van der Waals surface area (Å²) in [6.45, 7) is 4.86. The van der Waals surface area contributed by atoms with Crippen LogP contribution in [0.1, 0.15) is 12.5 Å². The van der Waals surface area contributed by atoms with Crippen molar-refractivity contribution in [3.05, 3.63) is 59.1 Å². The zero-order valence-corrected chi connectivity index (χ0v) is 15.3. The molecule has 0 aliphatic carbocycles. The number of aromatic nitrogens is 3. The Balaban J connectivity index is 1.73. The largest absolute Gasteiger partial charge is 0.506 e. The SMILES string of the molecule is C=C(C)C(=O)OCC(O)Cc1ccc(-n2nc3ccc(Cl)cc3n2)c(O)c1. The van der Waals surface area contributed by atoms with E-state index in [4.69, 9.17) is 16.3 Å². The van der Waals surface area contributed by atoms with E-state index in [9.17, 15) is 15.0 Å². The van der Waals surface area contributed by atoms with Gasteiger partial charge in [-0.3, -0.25) is 0 Å². The topological polar surface area (TPSA) is 97.5 Å². The molecule has 2 aromatic carbocycles. The van der Waals surface area contributed by atoms with E-state index in [1.807, 2.05) is 0 Å². The molecule has 3 aromatic rings. The van der Waals surface area contributed by atoms with Crippen LogP contribution in [-0.4, -0.2) is 43.9 Å². The number of ether oxygens (including phenoxy) is 1. The number of aliphatic hydroxyl groups is 1. The third-order valence-corrected chi connectivity index (χ3v) is 4.06. The summed E-state index contributed by atoms with van der Waals surface area (Å²) < 4.78 is 4.92. The second-order valence-corrected chi connectivity index (χ2v) is 6.62. The number of hydrogen-bond donors (Lipinski definition) is 2. The molecule has 0 spiro atoms. The number of aromatic hydroxyl groups is 1. The number of phenols is 1. The number of halogens is 1. The molecule has 1 atom stereocenters. The number of fused-ring (bicyclic) bond motifs is 1. The van der Waals surface area contributed by atoms with E-state index in [0.29, 0.717) is 27.3 Å². The van der Waals surface area contributed by atoms with Crippen molar-refractivity contribution in [3.8, 4) is 11.4 Å². The van der Waals surface area contributed by atoms with Crippen LogP contribution in [0.2, 0.25) is 5.02 Å². The molecule has 0 aliphatic heterocycles. The van der Waals surface area contributed by atoms with Gasteiger partial charge in [0.15, 0.2) is 0 Å². The number of carbonyl (C=O) groups excluding carboxylic acids is 1. The van der Waals surface area contributed by atoms with Crippen molar-refractivity contribution in [2.45, 2.75) is 19.4 Å². The van der Waals surface area contributed by atoms with Crippen molar-refractivity contribution in [2.75, 3.05) is 6.61 Å². The van der Waals surface area contributed by atoms with Crippen LogP contribution in [0.25, 0.3) is 16.7 Å². The summed E-state index contributed by atoms with van der Waals surface area (Å²) >= 11 is 5.95. The fourth-order valence-electron chi connectivity index (χ4n) is 2.49. The molecule has 0 amide bonds. The van der Waals surface area contributed by atoms with Gasteiger partial charge in [-0.1, -0.05) is 24.2 Å². The summed E-state index contributed by atoms with van der Waals surface area (Å²) in [6, 6.07) is 10.1. The summed E-state index contributed by atoms with van der Waals surface area (Å²) in [6.07, 6.45) is -0.687. The van der Waals surface area contributed by atoms with Crippen LogP contribution in [-0.2, 0) is 16.0 Å². The second kappa shape index (κ2) is 7.77. The van der Waals surface area contributed by atoms with Gasteiger partial charge in [0.25, 0.3) is 0 Å². The van der Waals surface area contributed by atoms with Crippen LogP contribution >= 0.6 is 11.6 Å². The highest BCUT2D eigenvalue weighted by Gasteiger charge is 2.13. The number of benzene rings is 2. The first kappa shape index (κ1) is 18.9. The van der Waals surface area contributed by atoms with Crippen LogP contribution < -0.4 is 0 Å². The number of rotatable bonds is 6. The van der Waals surface area contributed by atoms with Crippen LogP contribution in [0.5, 0.6) is 5.75 Å². The molecule has 8 heteroatoms. The quantitative estimate of drug-likeness (QED) is 0.498. The predicted octanol–water partition coefficient (Wildman–Crippen LogP) is 2.80. The Hall–Kier alpha value is -2.90. The molecule has 0 bridgehead atoms. The summed E-state index contributed by atoms with van der Waals surface area (Å²) in [5.41, 5.74) is 2.60. The molecule has 1 aromatic heterocycles. The molecule has 140 valence electrons. The molecule has 0 aliphatic rings. The molecule has 1 heterocycles. The average Bonchev–Trinajstić information content (AvgIpc) is 3.02. The lowest BCUT2D eigenvalue weighted by Gasteiger charge is -2.12. The molecule has 0 saturated heterocycles. The van der Waals surface area contributed by atoms with E-state index >= 15 is 0 Å². The highest BCUT2D eigenvalue weighted by atomic mass is 35.5. The highest BCUT2D eigenvalue weighted by Crippen LogP contribution is 2.24. The van der Waals surface area contributed by atoms with E-state index in [1.165, 1.54) is 17.8 Å². The minimum absolute atomic E-state index is 0.0370. The van der Waals surface area contributed by atoms with Gasteiger partial charge in [0, 0.05) is 17.0 Å². The van der Waals surface area contributed by atoms with Gasteiger partial charge in [0.1, 0.15) is 29.1 Å². The average molecular weight is 388 g/mol. The standard InChI is InChI=1S/C19H18ClN3O4/c1-11(2)19(26)27-10-14(24)7-12-3-6-17(18(25)8-12)23-21-15-5-4-13(20)9-16(15)22-23/h3-6,8-9,14,24-25H,1,7,10H2,2H3. The zero-order chi connectivity index (χ0) is 19.6. The molecule has 0 fully saturated rings. The van der Waals surface area contributed by atoms with Gasteiger partial charge < -0.3 is 14.9 Å². The normalized spacial score (nSPS) is 12.1. The Morgan fingerprint density at radius 3 is 2.70 bits per heavy atom. The smallest absolute Gasteiger partial charge is 0.333 e. The Labute approximate surface area is 160 Å². The van der Waals surface area contributed by atoms with E-state index in [2.05, 4.69) is 16.8 Å². The van der Waals surface area contributed by atoms with Gasteiger partial charge in [-0.2, -0.15) is 0 Å². The molecule has 3 rings (SSSR count). The van der Waals surface area contributed by atoms with Crippen LogP contribution in [0, 0.1) is 0 Å². The van der Waals surface area contributed by atoms with Gasteiger partial charge in [-0.05, 0) is 42.8 Å². The third-order valence-electron chi connectivity index (χ3n) is 3.82. The van der Waals surface area contributed by atoms with E-state index in [0.717, 1.165) is 0 Å². The van der Waals surface area contributed by atoms with Crippen LogP contribution in [0.15, 0.2) is 48.6 Å². The molecule has 1 unspecified atom stereocenters. The molecular weight excluding hydrogens is 370 g/mol. The molecule has 2 N–H and O–H groups in total. The van der Waals surface area contributed by atoms with Crippen molar-refractivity contribution < 1.29 is 19.7 Å². The molecular formula is C19H18ClN3O4. The maximum absolute atomic E-state index is 11.4. The zero-order valence-electron chi connectivity index (χ0n) is 14.6. The monoisotopic (exact) mass is 387 g/mol. The number of carbonyl (C=O) groups is 1. The number of aliphatic hydroxyl groups excluding tert-OH is 1. The van der Waals surface area contributed by atoms with Crippen LogP contribution in [0.4, 0.5) is 0 Å². The molecule has 7 nitrogen and oxygen atoms in total. The Morgan fingerprint density at radius 1 is 1.26 bits per heavy atom. The van der Waals surface area contributed by atoms with Gasteiger partial charge in [0.05, 0.1) is 6.10 Å². The van der Waals surface area contributed by atoms with Crippen molar-refractivity contribution >= 4 is 28.6 Å². The van der Waals surface area contributed by atoms with Gasteiger partial charge >= 0.3 is 5.97 Å². The van der Waals surface area contributed by atoms with Gasteiger partial charge in [-0.25, -0.2) is 4.79 Å². The van der Waals surface area contributed by atoms with Crippen molar-refractivity contribution in [1.82, 2.24) is 15.0 Å². The number of nitrogens with zero attached hydrogens (tertiary/aromatic N) is 3. The maximum Gasteiger partial charge on any atom is 0.333 e. The molecule has 0 saturated carbocycles. The predicted molar refractivity (Wildman–Crippen MR) is 101 cm³/mol. The number of hydrogen-bond acceptors (Lipinski definition) is 6. The number of esters is 1.